The molecule has 0 aliphatic rings. The topological polar surface area (TPSA) is 68.3 Å². The molecule has 0 aromatic carbocycles. The summed E-state index contributed by atoms with van der Waals surface area (Å²) in [6.45, 7) is 8.00. The second-order valence-electron chi connectivity index (χ2n) is 0. The number of hydrogen-bond donors (Lipinski definition) is 0. The van der Waals surface area contributed by atoms with Crippen LogP contribution in [0, 0.1) is 0 Å². The van der Waals surface area contributed by atoms with Gasteiger partial charge in [0, 0.05) is 20.4 Å². The fraction of sp³-hybridized carbons (Fsp3) is 0. The molecule has 0 spiro atoms. The van der Waals surface area contributed by atoms with Crippen LogP contribution in [0.3, 0.4) is 0 Å². The van der Waals surface area contributed by atoms with E-state index >= 15 is 0 Å². The molecule has 0 saturated carbocycles. The van der Waals surface area contributed by atoms with Crippen LogP contribution in [-0.2, 0) is 39.6 Å². The molecule has 0 aromatic heterocycles. The Labute approximate surface area is 183 Å². The Morgan fingerprint density at radius 2 is 0.312 bits per heavy atom. The smallest absolute Gasteiger partial charge is 0.106 e. The zero-order valence-electron chi connectivity index (χ0n) is 7.49. The number of halogens is 7. The summed E-state index contributed by atoms with van der Waals surface area (Å²) in [5, 5.41) is 0. The largest absolute Gasteiger partial charge is 1.00 e. The normalized spacial score (nSPS) is 1.00. The molecule has 12 heteroatoms. The van der Waals surface area contributed by atoms with Crippen LogP contribution in [0.15, 0.2) is 0 Å². The number of carbonyl (C=O) groups is 4. The predicted octanol–water partition coefficient (Wildman–Crippen LogP) is -21.7. The summed E-state index contributed by atoms with van der Waals surface area (Å²) in [4.78, 5) is 32.0. The third kappa shape index (κ3) is 564. The Morgan fingerprint density at radius 3 is 0.312 bits per heavy atom. The van der Waals surface area contributed by atoms with Crippen molar-refractivity contribution < 1.29 is 158 Å². The second kappa shape index (κ2) is 676. The maximum absolute atomic E-state index is 8.00. The van der Waals surface area contributed by atoms with Crippen molar-refractivity contribution in [1.82, 2.24) is 0 Å². The summed E-state index contributed by atoms with van der Waals surface area (Å²) in [5.74, 6) is 0. The van der Waals surface area contributed by atoms with E-state index in [1.165, 1.54) is 0 Å². The first-order valence-corrected chi connectivity index (χ1v) is 1.15. The average Bonchev–Trinajstić information content (AvgIpc) is 2.03. The van der Waals surface area contributed by atoms with Crippen LogP contribution in [0.4, 0.5) is 0 Å². The van der Waals surface area contributed by atoms with E-state index in [1.807, 2.05) is 27.2 Å². The molecule has 4 nitrogen and oxygen atoms in total. The standard InChI is InChI=1S/4CH2O.7BrH.Re/c4*1-2;;;;;;;;/h4*1H2;7*1H;/p-7. The van der Waals surface area contributed by atoms with Gasteiger partial charge in [-0.2, -0.15) is 0 Å². The maximum atomic E-state index is 8.00. The van der Waals surface area contributed by atoms with Gasteiger partial charge in [0.1, 0.15) is 27.2 Å². The van der Waals surface area contributed by atoms with Gasteiger partial charge in [-0.3, -0.25) is 0 Å². The van der Waals surface area contributed by atoms with Crippen molar-refractivity contribution in [3.8, 4) is 0 Å². The Bertz CT molecular complexity index is 36.3. The fourth-order valence-corrected chi connectivity index (χ4v) is 0. The van der Waals surface area contributed by atoms with Crippen molar-refractivity contribution in [3.05, 3.63) is 0 Å². The Morgan fingerprint density at radius 1 is 0.312 bits per heavy atom. The first-order chi connectivity index (χ1) is 4.00. The molecule has 111 valence electrons. The molecule has 0 aromatic rings. The number of carbonyl (C=O) groups excluding carboxylic acids is 4. The number of rotatable bonds is 0. The monoisotopic (exact) mass is 859 g/mol. The fourth-order valence-electron chi connectivity index (χ4n) is 0. The van der Waals surface area contributed by atoms with Gasteiger partial charge in [-0.15, -0.1) is 0 Å². The van der Waals surface area contributed by atoms with Crippen molar-refractivity contribution >= 4 is 27.2 Å². The molecule has 0 unspecified atom stereocenters. The van der Waals surface area contributed by atoms with Crippen LogP contribution >= 0.6 is 0 Å². The van der Waals surface area contributed by atoms with Gasteiger partial charge in [0.25, 0.3) is 0 Å². The van der Waals surface area contributed by atoms with Crippen LogP contribution in [0.2, 0.25) is 0 Å². The van der Waals surface area contributed by atoms with Crippen molar-refractivity contribution in [2.24, 2.45) is 0 Å². The summed E-state index contributed by atoms with van der Waals surface area (Å²) >= 11 is 0. The van der Waals surface area contributed by atoms with Gasteiger partial charge in [0.05, 0.1) is 0 Å². The maximum Gasteiger partial charge on any atom is 0.106 e. The van der Waals surface area contributed by atoms with E-state index < -0.39 is 0 Å². The quantitative estimate of drug-likeness (QED) is 0.243. The van der Waals surface area contributed by atoms with Gasteiger partial charge in [0.2, 0.25) is 0 Å². The molecule has 1 radical (unpaired) electrons. The molecule has 0 heterocycles. The summed E-state index contributed by atoms with van der Waals surface area (Å²) in [5.41, 5.74) is 0. The van der Waals surface area contributed by atoms with E-state index in [2.05, 4.69) is 0 Å². The van der Waals surface area contributed by atoms with Crippen LogP contribution in [-0.4, -0.2) is 27.2 Å². The van der Waals surface area contributed by atoms with Crippen molar-refractivity contribution in [2.45, 2.75) is 0 Å². The van der Waals surface area contributed by atoms with E-state index in [4.69, 9.17) is 19.2 Å². The first kappa shape index (κ1) is 130. The molecule has 0 aliphatic carbocycles. The van der Waals surface area contributed by atoms with E-state index in [0.29, 0.717) is 0 Å². The predicted molar refractivity (Wildman–Crippen MR) is 28.5 cm³/mol. The third-order valence-electron chi connectivity index (χ3n) is 0. The molecule has 0 bridgehead atoms. The van der Waals surface area contributed by atoms with Gasteiger partial charge in [0.15, 0.2) is 0 Å². The molecule has 16 heavy (non-hydrogen) atoms. The molecule has 0 aliphatic heterocycles. The zero-order chi connectivity index (χ0) is 8.00. The number of hydrogen-bond acceptors (Lipinski definition) is 4. The van der Waals surface area contributed by atoms with E-state index in [9.17, 15) is 0 Å². The summed E-state index contributed by atoms with van der Waals surface area (Å²) in [7, 11) is 0. The molecule has 0 rings (SSSR count). The van der Waals surface area contributed by atoms with Gasteiger partial charge < -0.3 is 138 Å². The van der Waals surface area contributed by atoms with Gasteiger partial charge in [-0.25, -0.2) is 0 Å². The van der Waals surface area contributed by atoms with Crippen molar-refractivity contribution in [2.75, 3.05) is 0 Å². The molecule has 0 fully saturated rings. The van der Waals surface area contributed by atoms with Gasteiger partial charge >= 0.3 is 0 Å². The van der Waals surface area contributed by atoms with Crippen LogP contribution in [0.1, 0.15) is 0 Å². The molecule has 0 saturated heterocycles. The van der Waals surface area contributed by atoms with Crippen molar-refractivity contribution in [1.29, 1.82) is 0 Å². The Balaban J connectivity index is -0.00000000114. The molecule has 0 atom stereocenters. The third-order valence-corrected chi connectivity index (χ3v) is 0. The first-order valence-electron chi connectivity index (χ1n) is 1.15. The Hall–Kier alpha value is 2.70. The van der Waals surface area contributed by atoms with Crippen molar-refractivity contribution in [3.63, 3.8) is 0 Å². The van der Waals surface area contributed by atoms with Gasteiger partial charge in [-0.1, -0.05) is 0 Å². The summed E-state index contributed by atoms with van der Waals surface area (Å²) in [6, 6.07) is 0. The van der Waals surface area contributed by atoms with E-state index in [1.54, 1.807) is 0 Å². The molecular weight excluding hydrogens is 858 g/mol. The Kier molecular flexibility index (Phi) is 5510. The summed E-state index contributed by atoms with van der Waals surface area (Å²) < 4.78 is 0. The average molecular weight is 866 g/mol. The van der Waals surface area contributed by atoms with E-state index in [0.717, 1.165) is 0 Å². The second-order valence-corrected chi connectivity index (χ2v) is 0. The van der Waals surface area contributed by atoms with Crippen LogP contribution in [0.25, 0.3) is 0 Å². The molecule has 0 N–H and O–H groups in total. The van der Waals surface area contributed by atoms with Gasteiger partial charge in [-0.05, 0) is 0 Å². The minimum absolute atomic E-state index is 0. The van der Waals surface area contributed by atoms with Crippen LogP contribution in [0.5, 0.6) is 0 Å². The summed E-state index contributed by atoms with van der Waals surface area (Å²) in [6.07, 6.45) is 0. The SMILES string of the molecule is C=O.C=O.C=O.C=O.[Br-].[Br-].[Br-].[Br-].[Br-].[Br-].[Br-].[Re]. The zero-order valence-corrected chi connectivity index (χ0v) is 21.3. The molecular formula is C4H8Br7O4Re-7. The minimum Gasteiger partial charge on any atom is -1.00 e. The van der Waals surface area contributed by atoms with E-state index in [-0.39, 0.29) is 139 Å². The molecule has 0 amide bonds. The van der Waals surface area contributed by atoms with Crippen LogP contribution < -0.4 is 119 Å². The minimum atomic E-state index is 0.